The van der Waals surface area contributed by atoms with Crippen molar-refractivity contribution in [2.45, 2.75) is 25.1 Å². The normalized spacial score (nSPS) is 14.6. The molecule has 0 saturated carbocycles. The van der Waals surface area contributed by atoms with Gasteiger partial charge in [0.15, 0.2) is 0 Å². The van der Waals surface area contributed by atoms with Crippen LogP contribution in [0.5, 0.6) is 11.5 Å². The molecular weight excluding hydrogens is 557 g/mol. The topological polar surface area (TPSA) is 151 Å². The summed E-state index contributed by atoms with van der Waals surface area (Å²) in [5, 5.41) is 6.78. The summed E-state index contributed by atoms with van der Waals surface area (Å²) in [6.07, 6.45) is -2.80. The molecule has 0 bridgehead atoms. The minimum Gasteiger partial charge on any atom is -0.457 e. The van der Waals surface area contributed by atoms with Crippen molar-refractivity contribution in [2.75, 3.05) is 10.6 Å². The van der Waals surface area contributed by atoms with Gasteiger partial charge in [0.05, 0.1) is 10.6 Å². The lowest BCUT2D eigenvalue weighted by atomic mass is 10.2. The average Bonchev–Trinajstić information content (AvgIpc) is 3.35. The second kappa shape index (κ2) is 11.9. The second-order valence-corrected chi connectivity index (χ2v) is 8.78. The lowest BCUT2D eigenvalue weighted by Gasteiger charge is -2.13. The molecule has 0 aliphatic carbocycles. The van der Waals surface area contributed by atoms with E-state index in [4.69, 9.17) is 16.3 Å². The molecule has 5 N–H and O–H groups in total. The number of amides is 5. The number of carbonyl (C=O) groups excluding carboxylic acids is 4. The number of urea groups is 1. The molecule has 5 amide bonds. The molecule has 1 saturated heterocycles. The number of aromatic nitrogens is 1. The fourth-order valence-corrected chi connectivity index (χ4v) is 3.76. The van der Waals surface area contributed by atoms with E-state index >= 15 is 0 Å². The van der Waals surface area contributed by atoms with Crippen molar-refractivity contribution >= 4 is 46.7 Å². The van der Waals surface area contributed by atoms with Gasteiger partial charge in [-0.3, -0.25) is 30.2 Å². The Morgan fingerprint density at radius 2 is 1.65 bits per heavy atom. The molecule has 0 spiro atoms. The molecule has 0 radical (unpaired) electrons. The van der Waals surface area contributed by atoms with E-state index in [1.54, 1.807) is 0 Å². The van der Waals surface area contributed by atoms with E-state index in [0.717, 1.165) is 12.1 Å². The minimum absolute atomic E-state index is 0.0564. The molecule has 0 unspecified atom stereocenters. The molecule has 40 heavy (non-hydrogen) atoms. The van der Waals surface area contributed by atoms with Crippen molar-refractivity contribution in [3.8, 4) is 11.5 Å². The Morgan fingerprint density at radius 3 is 2.33 bits per heavy atom. The summed E-state index contributed by atoms with van der Waals surface area (Å²) in [5.74, 6) is -0.937. The van der Waals surface area contributed by atoms with Crippen molar-refractivity contribution in [2.24, 2.45) is 0 Å². The van der Waals surface area contributed by atoms with Crippen molar-refractivity contribution in [1.29, 1.82) is 0 Å². The smallest absolute Gasteiger partial charge is 0.417 e. The zero-order valence-electron chi connectivity index (χ0n) is 20.3. The minimum atomic E-state index is -4.67. The Morgan fingerprint density at radius 1 is 0.950 bits per heavy atom. The van der Waals surface area contributed by atoms with Crippen LogP contribution < -0.4 is 31.5 Å². The molecule has 11 nitrogen and oxygen atoms in total. The monoisotopic (exact) mass is 576 g/mol. The Hall–Kier alpha value is -4.85. The van der Waals surface area contributed by atoms with Gasteiger partial charge in [-0.2, -0.15) is 13.2 Å². The van der Waals surface area contributed by atoms with Crippen LogP contribution in [0.15, 0.2) is 60.8 Å². The molecule has 15 heteroatoms. The van der Waals surface area contributed by atoms with Crippen LogP contribution in [0.3, 0.4) is 0 Å². The Bertz CT molecular complexity index is 1450. The third kappa shape index (κ3) is 7.38. The number of halogens is 4. The molecule has 1 aliphatic rings. The van der Waals surface area contributed by atoms with Gasteiger partial charge in [-0.05, 0) is 55.0 Å². The Kier molecular flexibility index (Phi) is 8.38. The van der Waals surface area contributed by atoms with Crippen LogP contribution in [0.2, 0.25) is 5.02 Å². The number of benzene rings is 2. The van der Waals surface area contributed by atoms with Crippen molar-refractivity contribution in [1.82, 2.24) is 21.2 Å². The van der Waals surface area contributed by atoms with Crippen molar-refractivity contribution < 1.29 is 37.1 Å². The summed E-state index contributed by atoms with van der Waals surface area (Å²) >= 11 is 5.59. The molecule has 2 heterocycles. The molecule has 2 aromatic carbocycles. The van der Waals surface area contributed by atoms with Crippen LogP contribution in [0.4, 0.5) is 29.3 Å². The number of hydrogen-bond donors (Lipinski definition) is 5. The van der Waals surface area contributed by atoms with Gasteiger partial charge >= 0.3 is 12.2 Å². The summed E-state index contributed by atoms with van der Waals surface area (Å²) in [4.78, 5) is 51.8. The third-order valence-corrected chi connectivity index (χ3v) is 5.78. The summed E-state index contributed by atoms with van der Waals surface area (Å²) in [7, 11) is 0. The van der Waals surface area contributed by atoms with Gasteiger partial charge in [-0.15, -0.1) is 0 Å². The molecule has 208 valence electrons. The number of ether oxygens (including phenoxy) is 1. The quantitative estimate of drug-likeness (QED) is 0.277. The average molecular weight is 577 g/mol. The highest BCUT2D eigenvalue weighted by molar-refractivity contribution is 6.31. The third-order valence-electron chi connectivity index (χ3n) is 5.45. The van der Waals surface area contributed by atoms with Crippen LogP contribution in [0, 0.1) is 0 Å². The van der Waals surface area contributed by atoms with Crippen LogP contribution in [0.1, 0.15) is 28.9 Å². The van der Waals surface area contributed by atoms with E-state index in [9.17, 15) is 32.3 Å². The molecule has 4 rings (SSSR count). The lowest BCUT2D eigenvalue weighted by molar-refractivity contribution is -0.137. The number of carbonyl (C=O) groups is 4. The number of alkyl halides is 3. The Balaban J connectivity index is 1.30. The number of rotatable bonds is 6. The van der Waals surface area contributed by atoms with Crippen LogP contribution in [-0.2, 0) is 15.8 Å². The maximum Gasteiger partial charge on any atom is 0.417 e. The summed E-state index contributed by atoms with van der Waals surface area (Å²) in [6, 6.07) is 10.3. The largest absolute Gasteiger partial charge is 0.457 e. The number of nitrogens with zero attached hydrogens (tertiary/aromatic N) is 1. The van der Waals surface area contributed by atoms with E-state index in [2.05, 4.69) is 31.8 Å². The SMILES string of the molecule is O=C1CC[C@@H](C(=O)NNC(=O)c2cc(Oc3ccc(NC(=O)Nc4ccc(Cl)c(C(F)(F)F)c4)cc3)ccn2)N1. The number of pyridine rings is 1. The molecule has 1 aromatic heterocycles. The lowest BCUT2D eigenvalue weighted by Crippen LogP contribution is -2.49. The van der Waals surface area contributed by atoms with Gasteiger partial charge in [0.2, 0.25) is 5.91 Å². The van der Waals surface area contributed by atoms with E-state index in [1.807, 2.05) is 0 Å². The number of anilines is 2. The van der Waals surface area contributed by atoms with Crippen molar-refractivity contribution in [3.05, 3.63) is 77.1 Å². The van der Waals surface area contributed by atoms with E-state index in [1.165, 1.54) is 48.7 Å². The number of nitrogens with one attached hydrogen (secondary N) is 5. The zero-order valence-corrected chi connectivity index (χ0v) is 21.0. The van der Waals surface area contributed by atoms with Gasteiger partial charge in [0.25, 0.3) is 11.8 Å². The number of hydrogen-bond acceptors (Lipinski definition) is 6. The predicted octanol–water partition coefficient (Wildman–Crippen LogP) is 4.23. The van der Waals surface area contributed by atoms with E-state index in [-0.39, 0.29) is 29.5 Å². The second-order valence-electron chi connectivity index (χ2n) is 8.38. The highest BCUT2D eigenvalue weighted by Gasteiger charge is 2.33. The fourth-order valence-electron chi connectivity index (χ4n) is 3.54. The molecule has 3 aromatic rings. The molecule has 1 fully saturated rings. The van der Waals surface area contributed by atoms with E-state index < -0.39 is 40.6 Å². The standard InChI is InChI=1S/C25H20ClF3N6O5/c26-18-6-3-14(11-17(18)25(27,28)29)32-24(39)31-13-1-4-15(5-2-13)40-16-9-10-30-20(12-16)23(38)35-34-22(37)19-7-8-21(36)33-19/h1-6,9-12,19H,7-8H2,(H,33,36)(H,34,37)(H,35,38)(H2,31,32,39)/t19-/m0/s1. The Labute approximate surface area is 229 Å². The van der Waals surface area contributed by atoms with Gasteiger partial charge in [-0.1, -0.05) is 11.6 Å². The summed E-state index contributed by atoms with van der Waals surface area (Å²) in [6.45, 7) is 0. The first kappa shape index (κ1) is 28.2. The van der Waals surface area contributed by atoms with Crippen LogP contribution >= 0.6 is 11.6 Å². The maximum atomic E-state index is 13.0. The first-order valence-electron chi connectivity index (χ1n) is 11.6. The first-order valence-corrected chi connectivity index (χ1v) is 11.9. The highest BCUT2D eigenvalue weighted by atomic mass is 35.5. The molecule has 1 aliphatic heterocycles. The van der Waals surface area contributed by atoms with Crippen LogP contribution in [-0.4, -0.2) is 34.8 Å². The zero-order chi connectivity index (χ0) is 28.9. The molecular formula is C25H20ClF3N6O5. The number of hydrazine groups is 1. The summed E-state index contributed by atoms with van der Waals surface area (Å²) < 4.78 is 44.8. The van der Waals surface area contributed by atoms with Gasteiger partial charge in [-0.25, -0.2) is 4.79 Å². The first-order chi connectivity index (χ1) is 19.0. The van der Waals surface area contributed by atoms with E-state index in [0.29, 0.717) is 17.9 Å². The summed E-state index contributed by atoms with van der Waals surface area (Å²) in [5.41, 5.74) is 3.54. The molecule has 1 atom stereocenters. The predicted molar refractivity (Wildman–Crippen MR) is 137 cm³/mol. The van der Waals surface area contributed by atoms with Crippen LogP contribution in [0.25, 0.3) is 0 Å². The fraction of sp³-hybridized carbons (Fsp3) is 0.160. The van der Waals surface area contributed by atoms with Gasteiger partial charge in [0, 0.05) is 30.1 Å². The van der Waals surface area contributed by atoms with Gasteiger partial charge in [0.1, 0.15) is 23.2 Å². The maximum absolute atomic E-state index is 13.0. The van der Waals surface area contributed by atoms with Gasteiger partial charge < -0.3 is 20.7 Å². The van der Waals surface area contributed by atoms with Crippen molar-refractivity contribution in [3.63, 3.8) is 0 Å². The highest BCUT2D eigenvalue weighted by Crippen LogP contribution is 2.36.